The Balaban J connectivity index is 1.91. The molecule has 6 nitrogen and oxygen atoms in total. The van der Waals surface area contributed by atoms with Gasteiger partial charge >= 0.3 is 6.03 Å². The summed E-state index contributed by atoms with van der Waals surface area (Å²) in [5.74, 6) is 0.658. The van der Waals surface area contributed by atoms with Gasteiger partial charge in [0.05, 0.1) is 13.7 Å². The fourth-order valence-corrected chi connectivity index (χ4v) is 4.94. The zero-order chi connectivity index (χ0) is 20.0. The van der Waals surface area contributed by atoms with E-state index in [1.807, 2.05) is 0 Å². The number of carbonyl (C=O) groups excluding carboxylic acids is 3. The average molecular weight is 372 g/mol. The molecule has 2 fully saturated rings. The standard InChI is InChI=1S/C21H28N2O4/c1-13-9-20(3,4)12-21(10-13)18(25)23(19(26)22-21)11-16-8-15(14(2)24)6-7-17(16)27-5/h6-8,13H,9-12H2,1-5H3,(H,22,26)/t13-,21+/m1/s1. The largest absolute Gasteiger partial charge is 0.496 e. The van der Waals surface area contributed by atoms with E-state index in [-0.39, 0.29) is 29.7 Å². The second kappa shape index (κ2) is 6.66. The Kier molecular flexibility index (Phi) is 4.78. The summed E-state index contributed by atoms with van der Waals surface area (Å²) in [6.07, 6.45) is 2.32. The first-order valence-corrected chi connectivity index (χ1v) is 9.39. The molecule has 3 amide bonds. The summed E-state index contributed by atoms with van der Waals surface area (Å²) in [7, 11) is 1.53. The van der Waals surface area contributed by atoms with E-state index in [9.17, 15) is 14.4 Å². The first-order chi connectivity index (χ1) is 12.6. The van der Waals surface area contributed by atoms with Crippen LogP contribution in [0.25, 0.3) is 0 Å². The Morgan fingerprint density at radius 3 is 2.59 bits per heavy atom. The van der Waals surface area contributed by atoms with Crippen molar-refractivity contribution in [2.24, 2.45) is 11.3 Å². The van der Waals surface area contributed by atoms with Crippen LogP contribution in [0.1, 0.15) is 62.9 Å². The van der Waals surface area contributed by atoms with E-state index in [1.165, 1.54) is 18.9 Å². The number of urea groups is 1. The number of ketones is 1. The van der Waals surface area contributed by atoms with Crippen molar-refractivity contribution in [1.82, 2.24) is 10.2 Å². The molecule has 1 saturated carbocycles. The fraction of sp³-hybridized carbons (Fsp3) is 0.571. The predicted molar refractivity (Wildman–Crippen MR) is 102 cm³/mol. The molecular weight excluding hydrogens is 344 g/mol. The van der Waals surface area contributed by atoms with Gasteiger partial charge in [0.25, 0.3) is 5.91 Å². The minimum absolute atomic E-state index is 0.0111. The van der Waals surface area contributed by atoms with Gasteiger partial charge in [0, 0.05) is 11.1 Å². The number of Topliss-reactive ketones (excluding diaryl/α,β-unsaturated/α-hetero) is 1. The summed E-state index contributed by atoms with van der Waals surface area (Å²) < 4.78 is 5.37. The quantitative estimate of drug-likeness (QED) is 0.648. The van der Waals surface area contributed by atoms with E-state index >= 15 is 0 Å². The number of imide groups is 1. The Labute approximate surface area is 160 Å². The summed E-state index contributed by atoms with van der Waals surface area (Å²) in [6.45, 7) is 7.99. The molecule has 0 unspecified atom stereocenters. The smallest absolute Gasteiger partial charge is 0.325 e. The molecule has 3 rings (SSSR count). The third-order valence-corrected chi connectivity index (χ3v) is 5.64. The molecule has 6 heteroatoms. The van der Waals surface area contributed by atoms with E-state index < -0.39 is 5.54 Å². The van der Waals surface area contributed by atoms with Crippen LogP contribution in [0.15, 0.2) is 18.2 Å². The highest BCUT2D eigenvalue weighted by molar-refractivity contribution is 6.07. The number of nitrogens with zero attached hydrogens (tertiary/aromatic N) is 1. The van der Waals surface area contributed by atoms with Crippen LogP contribution < -0.4 is 10.1 Å². The molecule has 146 valence electrons. The number of amides is 3. The molecule has 1 spiro atoms. The van der Waals surface area contributed by atoms with Crippen molar-refractivity contribution in [1.29, 1.82) is 0 Å². The van der Waals surface area contributed by atoms with Crippen LogP contribution >= 0.6 is 0 Å². The van der Waals surface area contributed by atoms with E-state index in [1.54, 1.807) is 18.2 Å². The van der Waals surface area contributed by atoms with Gasteiger partial charge in [-0.25, -0.2) is 4.79 Å². The van der Waals surface area contributed by atoms with Crippen molar-refractivity contribution in [2.45, 2.75) is 59.0 Å². The second-order valence-electron chi connectivity index (χ2n) is 8.84. The van der Waals surface area contributed by atoms with Gasteiger partial charge < -0.3 is 10.1 Å². The highest BCUT2D eigenvalue weighted by Crippen LogP contribution is 2.46. The van der Waals surface area contributed by atoms with Crippen LogP contribution in [0, 0.1) is 11.3 Å². The van der Waals surface area contributed by atoms with Crippen LogP contribution in [0.2, 0.25) is 0 Å². The number of ether oxygens (including phenoxy) is 1. The Morgan fingerprint density at radius 2 is 2.00 bits per heavy atom. The van der Waals surface area contributed by atoms with E-state index in [4.69, 9.17) is 4.74 Å². The molecule has 1 N–H and O–H groups in total. The lowest BCUT2D eigenvalue weighted by Crippen LogP contribution is -2.54. The van der Waals surface area contributed by atoms with E-state index in [2.05, 4.69) is 26.1 Å². The molecule has 0 bridgehead atoms. The summed E-state index contributed by atoms with van der Waals surface area (Å²) in [6, 6.07) is 4.70. The minimum Gasteiger partial charge on any atom is -0.496 e. The molecule has 27 heavy (non-hydrogen) atoms. The van der Waals surface area contributed by atoms with Crippen LogP contribution in [0.3, 0.4) is 0 Å². The molecule has 1 aliphatic heterocycles. The third-order valence-electron chi connectivity index (χ3n) is 5.64. The topological polar surface area (TPSA) is 75.7 Å². The van der Waals surface area contributed by atoms with Crippen LogP contribution in [0.5, 0.6) is 5.75 Å². The first-order valence-electron chi connectivity index (χ1n) is 9.39. The molecule has 1 heterocycles. The molecular formula is C21H28N2O4. The van der Waals surface area contributed by atoms with Crippen LogP contribution in [-0.4, -0.2) is 35.3 Å². The molecule has 0 aromatic heterocycles. The Hall–Kier alpha value is -2.37. The van der Waals surface area contributed by atoms with Crippen LogP contribution in [-0.2, 0) is 11.3 Å². The summed E-state index contributed by atoms with van der Waals surface area (Å²) in [5, 5.41) is 2.98. The van der Waals surface area contributed by atoms with Crippen molar-refractivity contribution in [2.75, 3.05) is 7.11 Å². The lowest BCUT2D eigenvalue weighted by molar-refractivity contribution is -0.135. The molecule has 1 aliphatic carbocycles. The maximum atomic E-state index is 13.3. The van der Waals surface area contributed by atoms with Gasteiger partial charge in [-0.2, -0.15) is 0 Å². The second-order valence-corrected chi connectivity index (χ2v) is 8.84. The zero-order valence-electron chi connectivity index (χ0n) is 16.7. The number of methoxy groups -OCH3 is 1. The number of carbonyl (C=O) groups is 3. The highest BCUT2D eigenvalue weighted by Gasteiger charge is 2.56. The number of nitrogens with one attached hydrogen (secondary N) is 1. The van der Waals surface area contributed by atoms with Gasteiger partial charge in [0.2, 0.25) is 0 Å². The van der Waals surface area contributed by atoms with Crippen LogP contribution in [0.4, 0.5) is 4.79 Å². The maximum absolute atomic E-state index is 13.3. The van der Waals surface area contributed by atoms with Crippen molar-refractivity contribution < 1.29 is 19.1 Å². The molecule has 2 aliphatic rings. The van der Waals surface area contributed by atoms with E-state index in [0.29, 0.717) is 35.6 Å². The summed E-state index contributed by atoms with van der Waals surface area (Å²) in [4.78, 5) is 38.9. The van der Waals surface area contributed by atoms with Gasteiger partial charge in [-0.15, -0.1) is 0 Å². The molecule has 2 atom stereocenters. The lowest BCUT2D eigenvalue weighted by atomic mass is 9.64. The van der Waals surface area contributed by atoms with Gasteiger partial charge in [0.15, 0.2) is 5.78 Å². The number of benzene rings is 1. The average Bonchev–Trinajstić information content (AvgIpc) is 2.76. The summed E-state index contributed by atoms with van der Waals surface area (Å²) in [5.41, 5.74) is 0.334. The van der Waals surface area contributed by atoms with Crippen molar-refractivity contribution in [3.63, 3.8) is 0 Å². The SMILES string of the molecule is COc1ccc(C(C)=O)cc1CN1C(=O)N[C@]2(C[C@H](C)CC(C)(C)C2)C1=O. The van der Waals surface area contributed by atoms with E-state index in [0.717, 1.165) is 6.42 Å². The monoisotopic (exact) mass is 372 g/mol. The molecule has 1 saturated heterocycles. The van der Waals surface area contributed by atoms with Gasteiger partial charge in [-0.3, -0.25) is 14.5 Å². The van der Waals surface area contributed by atoms with Gasteiger partial charge in [-0.05, 0) is 55.7 Å². The third kappa shape index (κ3) is 3.57. The number of rotatable bonds is 4. The number of hydrogen-bond acceptors (Lipinski definition) is 4. The van der Waals surface area contributed by atoms with Crippen molar-refractivity contribution in [3.8, 4) is 5.75 Å². The zero-order valence-corrected chi connectivity index (χ0v) is 16.7. The van der Waals surface area contributed by atoms with Crippen molar-refractivity contribution >= 4 is 17.7 Å². The Bertz CT molecular complexity index is 801. The minimum atomic E-state index is -0.830. The molecule has 1 aromatic rings. The highest BCUT2D eigenvalue weighted by atomic mass is 16.5. The Morgan fingerprint density at radius 1 is 1.30 bits per heavy atom. The number of hydrogen-bond donors (Lipinski definition) is 1. The predicted octanol–water partition coefficient (Wildman–Crippen LogP) is 3.53. The normalized spacial score (nSPS) is 27.0. The maximum Gasteiger partial charge on any atom is 0.325 e. The molecule has 1 aromatic carbocycles. The van der Waals surface area contributed by atoms with Crippen molar-refractivity contribution in [3.05, 3.63) is 29.3 Å². The summed E-state index contributed by atoms with van der Waals surface area (Å²) >= 11 is 0. The first kappa shape index (κ1) is 19.4. The fourth-order valence-electron chi connectivity index (χ4n) is 4.94. The van der Waals surface area contributed by atoms with Gasteiger partial charge in [-0.1, -0.05) is 20.8 Å². The lowest BCUT2D eigenvalue weighted by Gasteiger charge is -2.43. The van der Waals surface area contributed by atoms with Gasteiger partial charge in [0.1, 0.15) is 11.3 Å². The molecule has 0 radical (unpaired) electrons.